The molecule has 2 rings (SSSR count). The van der Waals surface area contributed by atoms with E-state index < -0.39 is 77.6 Å². The van der Waals surface area contributed by atoms with E-state index in [-0.39, 0.29) is 21.3 Å². The highest BCUT2D eigenvalue weighted by atomic mass is 32.2. The van der Waals surface area contributed by atoms with Gasteiger partial charge in [-0.15, -0.1) is 0 Å². The molecule has 30 heavy (non-hydrogen) atoms. The van der Waals surface area contributed by atoms with E-state index in [0.29, 0.717) is 0 Å². The number of carbonyl (C=O) groups is 2. The molecule has 0 fully saturated rings. The van der Waals surface area contributed by atoms with Crippen molar-refractivity contribution in [2.24, 2.45) is 0 Å². The first kappa shape index (κ1) is 22.8. The van der Waals surface area contributed by atoms with Gasteiger partial charge in [-0.05, 0) is 0 Å². The molecule has 0 saturated heterocycles. The average molecular weight is 472 g/mol. The van der Waals surface area contributed by atoms with Gasteiger partial charge in [-0.2, -0.15) is 16.8 Å². The van der Waals surface area contributed by atoms with Gasteiger partial charge in [0, 0.05) is 12.1 Å². The van der Waals surface area contributed by atoms with Crippen LogP contribution in [0.15, 0.2) is 21.9 Å². The van der Waals surface area contributed by atoms with Crippen LogP contribution in [0.2, 0.25) is 0 Å². The summed E-state index contributed by atoms with van der Waals surface area (Å²) in [5.41, 5.74) is -3.56. The van der Waals surface area contributed by atoms with Crippen molar-refractivity contribution in [3.63, 3.8) is 0 Å². The van der Waals surface area contributed by atoms with Gasteiger partial charge in [0.15, 0.2) is 21.6 Å². The second-order valence-electron chi connectivity index (χ2n) is 5.69. The van der Waals surface area contributed by atoms with Crippen molar-refractivity contribution in [3.05, 3.63) is 12.1 Å². The normalized spacial score (nSPS) is 12.7. The Hall–Kier alpha value is -3.48. The van der Waals surface area contributed by atoms with Crippen LogP contribution < -0.4 is 0 Å². The van der Waals surface area contributed by atoms with Gasteiger partial charge in [0.25, 0.3) is 20.2 Å². The Morgan fingerprint density at radius 2 is 1.13 bits per heavy atom. The predicted octanol–water partition coefficient (Wildman–Crippen LogP) is -1.63. The molecule has 0 aliphatic heterocycles. The van der Waals surface area contributed by atoms with Crippen LogP contribution in [-0.2, 0) is 35.5 Å². The molecule has 0 atom stereocenters. The predicted molar refractivity (Wildman–Crippen MR) is 88.4 cm³/mol. The Morgan fingerprint density at radius 3 is 1.33 bits per heavy atom. The summed E-state index contributed by atoms with van der Waals surface area (Å²) in [6.07, 6.45) is -1.76. The van der Waals surface area contributed by atoms with Crippen molar-refractivity contribution < 1.29 is 66.2 Å². The van der Waals surface area contributed by atoms with Crippen LogP contribution >= 0.6 is 0 Å². The summed E-state index contributed by atoms with van der Waals surface area (Å²) in [7, 11) is -10.6. The van der Waals surface area contributed by atoms with E-state index in [0.717, 1.165) is 0 Å². The SMILES string of the molecule is O=C(O)CC(C(=O)O)(n1c(O)cc(S(=O)(=O)O)c1O)n1c(O)cc(S(=O)(=O)O)c1O. The molecular weight excluding hydrogens is 460 g/mol. The van der Waals surface area contributed by atoms with Gasteiger partial charge in [-0.25, -0.2) is 13.9 Å². The lowest BCUT2D eigenvalue weighted by Gasteiger charge is -2.33. The molecule has 16 nitrogen and oxygen atoms in total. The van der Waals surface area contributed by atoms with E-state index >= 15 is 0 Å². The van der Waals surface area contributed by atoms with Crippen LogP contribution in [0.4, 0.5) is 0 Å². The van der Waals surface area contributed by atoms with E-state index in [1.165, 1.54) is 0 Å². The Labute approximate surface area is 165 Å². The van der Waals surface area contributed by atoms with Gasteiger partial charge in [0.1, 0.15) is 0 Å². The zero-order chi connectivity index (χ0) is 23.4. The third kappa shape index (κ3) is 3.36. The second kappa shape index (κ2) is 6.79. The van der Waals surface area contributed by atoms with E-state index in [1.807, 2.05) is 0 Å². The monoisotopic (exact) mass is 472 g/mol. The summed E-state index contributed by atoms with van der Waals surface area (Å²) in [5.74, 6) is -10.9. The third-order valence-corrected chi connectivity index (χ3v) is 5.59. The van der Waals surface area contributed by atoms with Crippen LogP contribution in [0, 0.1) is 0 Å². The van der Waals surface area contributed by atoms with Gasteiger partial charge >= 0.3 is 11.9 Å². The fourth-order valence-electron chi connectivity index (χ4n) is 2.78. The lowest BCUT2D eigenvalue weighted by molar-refractivity contribution is -0.157. The summed E-state index contributed by atoms with van der Waals surface area (Å²) in [4.78, 5) is 20.5. The van der Waals surface area contributed by atoms with Gasteiger partial charge in [0.2, 0.25) is 17.4 Å². The molecule has 8 N–H and O–H groups in total. The van der Waals surface area contributed by atoms with Crippen molar-refractivity contribution in [2.45, 2.75) is 21.9 Å². The third-order valence-electron chi connectivity index (χ3n) is 3.88. The molecular formula is C12H12N2O14S2. The summed E-state index contributed by atoms with van der Waals surface area (Å²) >= 11 is 0. The molecule has 166 valence electrons. The van der Waals surface area contributed by atoms with Crippen LogP contribution in [0.3, 0.4) is 0 Å². The summed E-state index contributed by atoms with van der Waals surface area (Å²) in [6.45, 7) is 0. The maximum atomic E-state index is 12.1. The molecule has 0 bridgehead atoms. The molecule has 0 radical (unpaired) electrons. The van der Waals surface area contributed by atoms with E-state index in [2.05, 4.69) is 0 Å². The summed E-state index contributed by atoms with van der Waals surface area (Å²) in [5, 5.41) is 59.1. The maximum Gasteiger partial charge on any atom is 0.352 e. The smallest absolute Gasteiger partial charge is 0.352 e. The number of carboxylic acids is 2. The van der Waals surface area contributed by atoms with E-state index in [1.54, 1.807) is 0 Å². The molecule has 2 aromatic rings. The zero-order valence-electron chi connectivity index (χ0n) is 14.1. The molecule has 0 spiro atoms. The van der Waals surface area contributed by atoms with Crippen molar-refractivity contribution in [1.29, 1.82) is 0 Å². The van der Waals surface area contributed by atoms with Crippen molar-refractivity contribution >= 4 is 32.2 Å². The number of aromatic hydroxyl groups is 4. The second-order valence-corrected chi connectivity index (χ2v) is 8.47. The summed E-state index contributed by atoms with van der Waals surface area (Å²) in [6, 6.07) is 0.233. The minimum atomic E-state index is -5.31. The number of aromatic nitrogens is 2. The lowest BCUT2D eigenvalue weighted by atomic mass is 10.1. The number of nitrogens with zero attached hydrogens (tertiary/aromatic N) is 2. The van der Waals surface area contributed by atoms with Gasteiger partial charge < -0.3 is 30.6 Å². The van der Waals surface area contributed by atoms with Gasteiger partial charge in [-0.1, -0.05) is 0 Å². The molecule has 2 aromatic heterocycles. The first-order chi connectivity index (χ1) is 13.5. The number of aliphatic carboxylic acids is 2. The molecule has 2 heterocycles. The maximum absolute atomic E-state index is 12.1. The number of hydrogen-bond acceptors (Lipinski definition) is 10. The zero-order valence-corrected chi connectivity index (χ0v) is 15.7. The summed E-state index contributed by atoms with van der Waals surface area (Å²) < 4.78 is 62.9. The number of hydrogen-bond donors (Lipinski definition) is 8. The molecule has 0 saturated carbocycles. The number of rotatable bonds is 7. The molecule has 0 aromatic carbocycles. The minimum absolute atomic E-state index is 0.117. The van der Waals surface area contributed by atoms with E-state index in [9.17, 15) is 52.0 Å². The average Bonchev–Trinajstić information content (AvgIpc) is 3.01. The highest BCUT2D eigenvalue weighted by molar-refractivity contribution is 7.86. The lowest BCUT2D eigenvalue weighted by Crippen LogP contribution is -2.49. The first-order valence-electron chi connectivity index (χ1n) is 7.14. The Balaban J connectivity index is 3.13. The quantitative estimate of drug-likeness (QED) is 0.210. The Bertz CT molecular complexity index is 1180. The number of carboxylic acid groups (broad SMARTS) is 2. The van der Waals surface area contributed by atoms with Crippen molar-refractivity contribution in [3.8, 4) is 23.5 Å². The minimum Gasteiger partial charge on any atom is -0.494 e. The fourth-order valence-corrected chi connectivity index (χ4v) is 3.93. The first-order valence-corrected chi connectivity index (χ1v) is 10.0. The largest absolute Gasteiger partial charge is 0.494 e. The fraction of sp³-hybridized carbons (Fsp3) is 0.167. The van der Waals surface area contributed by atoms with Crippen molar-refractivity contribution in [1.82, 2.24) is 9.13 Å². The molecule has 0 amide bonds. The van der Waals surface area contributed by atoms with Crippen LogP contribution in [0.25, 0.3) is 0 Å². The van der Waals surface area contributed by atoms with E-state index in [4.69, 9.17) is 14.2 Å². The highest BCUT2D eigenvalue weighted by Gasteiger charge is 2.52. The van der Waals surface area contributed by atoms with Gasteiger partial charge in [-0.3, -0.25) is 13.9 Å². The van der Waals surface area contributed by atoms with Gasteiger partial charge in [0.05, 0.1) is 6.42 Å². The van der Waals surface area contributed by atoms with Crippen LogP contribution in [-0.4, -0.2) is 77.7 Å². The molecule has 0 aliphatic carbocycles. The standard InChI is InChI=1S/C12H12N2O14S2/c15-6-1-4(29(23,24)25)9(19)13(6)12(11(21)22,3-8(17)18)14-7(16)2-5(10(14)20)30(26,27)28/h1-2,15-16,19-20H,3H2,(H,17,18)(H,21,22)(H,23,24,25)(H,26,27,28). The molecule has 0 unspecified atom stereocenters. The van der Waals surface area contributed by atoms with Crippen molar-refractivity contribution in [2.75, 3.05) is 0 Å². The molecule has 0 aliphatic rings. The molecule has 18 heteroatoms. The van der Waals surface area contributed by atoms with Crippen LogP contribution in [0.1, 0.15) is 6.42 Å². The highest BCUT2D eigenvalue weighted by Crippen LogP contribution is 2.45. The topological polar surface area (TPSA) is 274 Å². The Kier molecular flexibility index (Phi) is 5.17. The van der Waals surface area contributed by atoms with Crippen LogP contribution in [0.5, 0.6) is 23.5 Å². The Morgan fingerprint density at radius 1 is 0.800 bits per heavy atom.